The lowest BCUT2D eigenvalue weighted by molar-refractivity contribution is 0.214. The molecule has 0 aliphatic carbocycles. The second kappa shape index (κ2) is 4.96. The Kier molecular flexibility index (Phi) is 3.89. The molecular weight excluding hydrogens is 176 g/mol. The van der Waals surface area contributed by atoms with Crippen LogP contribution in [0.1, 0.15) is 31.7 Å². The number of aromatic nitrogens is 1. The Bertz CT molecular complexity index is 299. The molecule has 0 spiro atoms. The van der Waals surface area contributed by atoms with Gasteiger partial charge >= 0.3 is 0 Å². The minimum atomic E-state index is 0.213. The number of nitrogens with two attached hydrogens (primary N) is 1. The maximum absolute atomic E-state index is 5.70. The van der Waals surface area contributed by atoms with Gasteiger partial charge in [0.2, 0.25) is 0 Å². The van der Waals surface area contributed by atoms with E-state index in [1.807, 2.05) is 26.0 Å². The summed E-state index contributed by atoms with van der Waals surface area (Å²) in [5.41, 5.74) is 7.41. The van der Waals surface area contributed by atoms with Crippen LogP contribution in [0.5, 0.6) is 5.75 Å². The normalized spacial score (nSPS) is 12.6. The van der Waals surface area contributed by atoms with Crippen molar-refractivity contribution in [2.24, 2.45) is 5.73 Å². The van der Waals surface area contributed by atoms with Gasteiger partial charge in [0.05, 0.1) is 11.8 Å². The summed E-state index contributed by atoms with van der Waals surface area (Å²) in [5.74, 6) is 0.812. The molecule has 1 heterocycles. The summed E-state index contributed by atoms with van der Waals surface area (Å²) < 4.78 is 5.70. The molecule has 2 N–H and O–H groups in total. The lowest BCUT2D eigenvalue weighted by Gasteiger charge is -2.15. The highest BCUT2D eigenvalue weighted by Gasteiger charge is 2.07. The Hall–Kier alpha value is -1.09. The maximum Gasteiger partial charge on any atom is 0.142 e. The van der Waals surface area contributed by atoms with Crippen LogP contribution in [0.4, 0.5) is 0 Å². The zero-order valence-corrected chi connectivity index (χ0v) is 9.08. The topological polar surface area (TPSA) is 48.1 Å². The van der Waals surface area contributed by atoms with Gasteiger partial charge in [0.15, 0.2) is 0 Å². The van der Waals surface area contributed by atoms with Gasteiger partial charge in [0.25, 0.3) is 0 Å². The summed E-state index contributed by atoms with van der Waals surface area (Å²) in [6.45, 7) is 6.51. The second-order valence-electron chi connectivity index (χ2n) is 3.44. The van der Waals surface area contributed by atoms with E-state index in [4.69, 9.17) is 10.5 Å². The van der Waals surface area contributed by atoms with E-state index in [0.717, 1.165) is 23.6 Å². The van der Waals surface area contributed by atoms with E-state index in [9.17, 15) is 0 Å². The predicted molar refractivity (Wildman–Crippen MR) is 57.2 cm³/mol. The molecule has 1 rings (SSSR count). The number of pyridine rings is 1. The van der Waals surface area contributed by atoms with Crippen molar-refractivity contribution in [2.45, 2.75) is 39.8 Å². The monoisotopic (exact) mass is 194 g/mol. The van der Waals surface area contributed by atoms with Crippen molar-refractivity contribution in [1.29, 1.82) is 0 Å². The third kappa shape index (κ3) is 2.70. The van der Waals surface area contributed by atoms with Gasteiger partial charge in [0.1, 0.15) is 5.75 Å². The Morgan fingerprint density at radius 1 is 1.50 bits per heavy atom. The Labute approximate surface area is 85.3 Å². The molecule has 1 atom stereocenters. The Morgan fingerprint density at radius 2 is 2.21 bits per heavy atom. The molecular formula is C11H18N2O. The smallest absolute Gasteiger partial charge is 0.142 e. The largest absolute Gasteiger partial charge is 0.489 e. The molecule has 14 heavy (non-hydrogen) atoms. The SMILES string of the molecule is CCC(C)Oc1ccc(C)nc1CN. The van der Waals surface area contributed by atoms with E-state index in [-0.39, 0.29) is 6.10 Å². The summed E-state index contributed by atoms with van der Waals surface area (Å²) in [6, 6.07) is 3.88. The highest BCUT2D eigenvalue weighted by molar-refractivity contribution is 5.29. The lowest BCUT2D eigenvalue weighted by Crippen LogP contribution is -2.13. The van der Waals surface area contributed by atoms with Crippen molar-refractivity contribution in [3.05, 3.63) is 23.5 Å². The van der Waals surface area contributed by atoms with Gasteiger partial charge < -0.3 is 10.5 Å². The van der Waals surface area contributed by atoms with Crippen molar-refractivity contribution in [1.82, 2.24) is 4.98 Å². The van der Waals surface area contributed by atoms with Crippen LogP contribution in [0, 0.1) is 6.92 Å². The van der Waals surface area contributed by atoms with Crippen LogP contribution in [-0.2, 0) is 6.54 Å². The molecule has 1 unspecified atom stereocenters. The average Bonchev–Trinajstić information content (AvgIpc) is 2.20. The third-order valence-corrected chi connectivity index (χ3v) is 2.17. The fourth-order valence-corrected chi connectivity index (χ4v) is 1.15. The van der Waals surface area contributed by atoms with Crippen LogP contribution >= 0.6 is 0 Å². The van der Waals surface area contributed by atoms with Crippen molar-refractivity contribution < 1.29 is 4.74 Å². The minimum Gasteiger partial charge on any atom is -0.489 e. The summed E-state index contributed by atoms with van der Waals surface area (Å²) >= 11 is 0. The first-order chi connectivity index (χ1) is 6.67. The lowest BCUT2D eigenvalue weighted by atomic mass is 10.2. The van der Waals surface area contributed by atoms with Gasteiger partial charge in [-0.2, -0.15) is 0 Å². The summed E-state index contributed by atoms with van der Waals surface area (Å²) in [4.78, 5) is 4.33. The zero-order valence-electron chi connectivity index (χ0n) is 9.08. The van der Waals surface area contributed by atoms with Gasteiger partial charge in [0, 0.05) is 12.2 Å². The molecule has 0 saturated carbocycles. The molecule has 0 aromatic carbocycles. The fourth-order valence-electron chi connectivity index (χ4n) is 1.15. The molecule has 0 bridgehead atoms. The second-order valence-corrected chi connectivity index (χ2v) is 3.44. The van der Waals surface area contributed by atoms with E-state index in [1.54, 1.807) is 0 Å². The van der Waals surface area contributed by atoms with E-state index < -0.39 is 0 Å². The first kappa shape index (κ1) is 11.0. The highest BCUT2D eigenvalue weighted by atomic mass is 16.5. The number of hydrogen-bond acceptors (Lipinski definition) is 3. The summed E-state index contributed by atoms with van der Waals surface area (Å²) in [5, 5.41) is 0. The molecule has 3 heteroatoms. The molecule has 1 aromatic heterocycles. The van der Waals surface area contributed by atoms with Crippen molar-refractivity contribution in [3.8, 4) is 5.75 Å². The number of hydrogen-bond donors (Lipinski definition) is 1. The molecule has 1 aromatic rings. The average molecular weight is 194 g/mol. The van der Waals surface area contributed by atoms with E-state index >= 15 is 0 Å². The van der Waals surface area contributed by atoms with E-state index in [0.29, 0.717) is 6.54 Å². The molecule has 3 nitrogen and oxygen atoms in total. The Morgan fingerprint density at radius 3 is 2.79 bits per heavy atom. The van der Waals surface area contributed by atoms with Gasteiger partial charge in [-0.05, 0) is 32.4 Å². The van der Waals surface area contributed by atoms with Gasteiger partial charge in [-0.15, -0.1) is 0 Å². The molecule has 0 aliphatic rings. The van der Waals surface area contributed by atoms with Crippen LogP contribution in [0.2, 0.25) is 0 Å². The predicted octanol–water partition coefficient (Wildman–Crippen LogP) is 2.03. The number of nitrogens with zero attached hydrogens (tertiary/aromatic N) is 1. The standard InChI is InChI=1S/C11H18N2O/c1-4-9(3)14-11-6-5-8(2)13-10(11)7-12/h5-6,9H,4,7,12H2,1-3H3. The van der Waals surface area contributed by atoms with Crippen molar-refractivity contribution in [3.63, 3.8) is 0 Å². The van der Waals surface area contributed by atoms with Crippen LogP contribution in [0.25, 0.3) is 0 Å². The van der Waals surface area contributed by atoms with Crippen LogP contribution < -0.4 is 10.5 Å². The molecule has 78 valence electrons. The molecule has 0 fully saturated rings. The van der Waals surface area contributed by atoms with Crippen LogP contribution in [-0.4, -0.2) is 11.1 Å². The van der Waals surface area contributed by atoms with Gasteiger partial charge in [-0.25, -0.2) is 0 Å². The van der Waals surface area contributed by atoms with Gasteiger partial charge in [-0.3, -0.25) is 4.98 Å². The number of rotatable bonds is 4. The summed E-state index contributed by atoms with van der Waals surface area (Å²) in [7, 11) is 0. The quantitative estimate of drug-likeness (QED) is 0.797. The molecule has 0 amide bonds. The number of aryl methyl sites for hydroxylation is 1. The summed E-state index contributed by atoms with van der Waals surface area (Å²) in [6.07, 6.45) is 1.20. The first-order valence-corrected chi connectivity index (χ1v) is 5.00. The fraction of sp³-hybridized carbons (Fsp3) is 0.545. The zero-order chi connectivity index (χ0) is 10.6. The van der Waals surface area contributed by atoms with E-state index in [1.165, 1.54) is 0 Å². The molecule has 0 radical (unpaired) electrons. The first-order valence-electron chi connectivity index (χ1n) is 5.00. The minimum absolute atomic E-state index is 0.213. The van der Waals surface area contributed by atoms with E-state index in [2.05, 4.69) is 11.9 Å². The maximum atomic E-state index is 5.70. The molecule has 0 saturated heterocycles. The molecule has 0 aliphatic heterocycles. The van der Waals surface area contributed by atoms with Crippen molar-refractivity contribution >= 4 is 0 Å². The van der Waals surface area contributed by atoms with Crippen LogP contribution in [0.15, 0.2) is 12.1 Å². The van der Waals surface area contributed by atoms with Crippen molar-refractivity contribution in [2.75, 3.05) is 0 Å². The van der Waals surface area contributed by atoms with Gasteiger partial charge in [-0.1, -0.05) is 6.92 Å². The highest BCUT2D eigenvalue weighted by Crippen LogP contribution is 2.18. The number of ether oxygens (including phenoxy) is 1. The Balaban J connectivity index is 2.85. The third-order valence-electron chi connectivity index (χ3n) is 2.17. The van der Waals surface area contributed by atoms with Crippen LogP contribution in [0.3, 0.4) is 0 Å².